The van der Waals surface area contributed by atoms with Gasteiger partial charge in [0.1, 0.15) is 11.5 Å². The van der Waals surface area contributed by atoms with E-state index in [1.807, 2.05) is 0 Å². The molecule has 0 spiro atoms. The van der Waals surface area contributed by atoms with Crippen molar-refractivity contribution < 1.29 is 30.0 Å². The van der Waals surface area contributed by atoms with Gasteiger partial charge in [0, 0.05) is 17.9 Å². The van der Waals surface area contributed by atoms with Gasteiger partial charge in [-0.15, -0.1) is 0 Å². The molecular weight excluding hydrogens is 288 g/mol. The summed E-state index contributed by atoms with van der Waals surface area (Å²) in [5.41, 5.74) is -0.945. The summed E-state index contributed by atoms with van der Waals surface area (Å²) in [6.07, 6.45) is -1.86. The number of phenols is 1. The molecule has 1 aromatic carbocycles. The number of rotatable bonds is 1. The van der Waals surface area contributed by atoms with E-state index in [-0.39, 0.29) is 29.9 Å². The number of ketones is 1. The number of Topliss-reactive ketones (excluding diaryl/α,β-unsaturated/α-hetero) is 1. The monoisotopic (exact) mass is 308 g/mol. The van der Waals surface area contributed by atoms with Crippen molar-refractivity contribution in [3.05, 3.63) is 23.3 Å². The number of methoxy groups -OCH3 is 1. The zero-order valence-electron chi connectivity index (χ0n) is 12.5. The Kier molecular flexibility index (Phi) is 3.43. The Morgan fingerprint density at radius 1 is 1.32 bits per heavy atom. The quantitative estimate of drug-likeness (QED) is 0.610. The Morgan fingerprint density at radius 2 is 2.00 bits per heavy atom. The predicted molar refractivity (Wildman–Crippen MR) is 76.8 cm³/mol. The van der Waals surface area contributed by atoms with Gasteiger partial charge in [0.2, 0.25) is 0 Å². The summed E-state index contributed by atoms with van der Waals surface area (Å²) < 4.78 is 5.07. The van der Waals surface area contributed by atoms with Crippen LogP contribution in [-0.4, -0.2) is 45.0 Å². The highest BCUT2D eigenvalue weighted by molar-refractivity contribution is 6.03. The molecule has 5 atom stereocenters. The molecule has 0 aromatic heterocycles. The molecule has 1 aromatic rings. The van der Waals surface area contributed by atoms with Crippen molar-refractivity contribution in [1.82, 2.24) is 0 Å². The summed E-state index contributed by atoms with van der Waals surface area (Å²) in [5.74, 6) is -1.30. The van der Waals surface area contributed by atoms with Crippen molar-refractivity contribution in [2.45, 2.75) is 37.6 Å². The number of aliphatic hydroxyl groups is 3. The standard InChI is InChI=1S/C16H20O6/c1-16(21)6-10-8(5-12(16)18)15(20)13-9(14(10)19)3-7(22-2)4-11(13)17/h3-4,8,10,12,14,17-19,21H,5-6H2,1-2H3/t8-,10-,12+,14-,16-/m0/s1. The molecular formula is C16H20O6. The molecule has 6 nitrogen and oxygen atoms in total. The third kappa shape index (κ3) is 2.10. The molecule has 0 heterocycles. The molecule has 2 aliphatic carbocycles. The third-order valence-electron chi connectivity index (χ3n) is 5.03. The van der Waals surface area contributed by atoms with E-state index in [4.69, 9.17) is 4.74 Å². The van der Waals surface area contributed by atoms with E-state index in [1.165, 1.54) is 26.2 Å². The van der Waals surface area contributed by atoms with Gasteiger partial charge in [-0.05, 0) is 31.4 Å². The number of benzene rings is 1. The number of hydrogen-bond donors (Lipinski definition) is 4. The minimum Gasteiger partial charge on any atom is -0.507 e. The van der Waals surface area contributed by atoms with Crippen molar-refractivity contribution >= 4 is 5.78 Å². The molecule has 1 fully saturated rings. The predicted octanol–water partition coefficient (Wildman–Crippen LogP) is 0.769. The highest BCUT2D eigenvalue weighted by Gasteiger charge is 2.52. The van der Waals surface area contributed by atoms with Crippen molar-refractivity contribution in [2.75, 3.05) is 7.11 Å². The van der Waals surface area contributed by atoms with E-state index in [2.05, 4.69) is 0 Å². The van der Waals surface area contributed by atoms with Gasteiger partial charge < -0.3 is 25.2 Å². The van der Waals surface area contributed by atoms with E-state index in [0.29, 0.717) is 11.3 Å². The van der Waals surface area contributed by atoms with Crippen LogP contribution in [-0.2, 0) is 0 Å². The van der Waals surface area contributed by atoms with E-state index in [0.717, 1.165) is 0 Å². The normalized spacial score (nSPS) is 37.4. The number of phenolic OH excluding ortho intramolecular Hbond substituents is 1. The summed E-state index contributed by atoms with van der Waals surface area (Å²) in [6.45, 7) is 1.50. The summed E-state index contributed by atoms with van der Waals surface area (Å²) in [6, 6.07) is 2.87. The minimum atomic E-state index is -1.35. The number of aliphatic hydroxyl groups excluding tert-OH is 2. The Hall–Kier alpha value is -1.63. The van der Waals surface area contributed by atoms with Gasteiger partial charge in [-0.1, -0.05) is 0 Å². The van der Waals surface area contributed by atoms with E-state index in [1.54, 1.807) is 0 Å². The van der Waals surface area contributed by atoms with Gasteiger partial charge in [-0.2, -0.15) is 0 Å². The lowest BCUT2D eigenvalue weighted by atomic mass is 9.62. The lowest BCUT2D eigenvalue weighted by molar-refractivity contribution is -0.131. The summed E-state index contributed by atoms with van der Waals surface area (Å²) >= 11 is 0. The minimum absolute atomic E-state index is 0.0679. The second-order valence-corrected chi connectivity index (χ2v) is 6.50. The fourth-order valence-electron chi connectivity index (χ4n) is 3.72. The molecule has 22 heavy (non-hydrogen) atoms. The number of hydrogen-bond acceptors (Lipinski definition) is 6. The molecule has 0 radical (unpaired) electrons. The summed E-state index contributed by atoms with van der Waals surface area (Å²) in [7, 11) is 1.43. The van der Waals surface area contributed by atoms with Gasteiger partial charge >= 0.3 is 0 Å². The number of carbonyl (C=O) groups is 1. The average molecular weight is 308 g/mol. The lowest BCUT2D eigenvalue weighted by Crippen LogP contribution is -2.52. The van der Waals surface area contributed by atoms with Crippen molar-refractivity contribution in [3.8, 4) is 11.5 Å². The molecule has 0 bridgehead atoms. The average Bonchev–Trinajstić information content (AvgIpc) is 2.46. The molecule has 120 valence electrons. The fraction of sp³-hybridized carbons (Fsp3) is 0.562. The van der Waals surface area contributed by atoms with Crippen LogP contribution in [0.3, 0.4) is 0 Å². The van der Waals surface area contributed by atoms with Crippen molar-refractivity contribution in [2.24, 2.45) is 11.8 Å². The van der Waals surface area contributed by atoms with Crippen LogP contribution in [0, 0.1) is 11.8 Å². The van der Waals surface area contributed by atoms with Crippen molar-refractivity contribution in [3.63, 3.8) is 0 Å². The second kappa shape index (κ2) is 4.94. The topological polar surface area (TPSA) is 107 Å². The summed E-state index contributed by atoms with van der Waals surface area (Å²) in [4.78, 5) is 12.7. The zero-order valence-corrected chi connectivity index (χ0v) is 12.5. The Balaban J connectivity index is 2.10. The van der Waals surface area contributed by atoms with Crippen LogP contribution in [0.15, 0.2) is 12.1 Å². The molecule has 0 amide bonds. The van der Waals surface area contributed by atoms with Crippen LogP contribution < -0.4 is 4.74 Å². The smallest absolute Gasteiger partial charge is 0.170 e. The Bertz CT molecular complexity index is 623. The Morgan fingerprint density at radius 3 is 2.64 bits per heavy atom. The van der Waals surface area contributed by atoms with Crippen LogP contribution >= 0.6 is 0 Å². The van der Waals surface area contributed by atoms with Gasteiger partial charge in [-0.25, -0.2) is 0 Å². The molecule has 2 aliphatic rings. The van der Waals surface area contributed by atoms with Gasteiger partial charge in [0.25, 0.3) is 0 Å². The first-order valence-electron chi connectivity index (χ1n) is 7.30. The third-order valence-corrected chi connectivity index (χ3v) is 5.03. The molecule has 3 rings (SSSR count). The molecule has 0 unspecified atom stereocenters. The first kappa shape index (κ1) is 15.3. The maximum Gasteiger partial charge on any atom is 0.170 e. The van der Waals surface area contributed by atoms with Crippen molar-refractivity contribution in [1.29, 1.82) is 0 Å². The number of ether oxygens (including phenoxy) is 1. The van der Waals surface area contributed by atoms with Crippen LogP contribution in [0.25, 0.3) is 0 Å². The molecule has 1 saturated carbocycles. The van der Waals surface area contributed by atoms with Crippen LogP contribution in [0.2, 0.25) is 0 Å². The molecule has 6 heteroatoms. The van der Waals surface area contributed by atoms with Crippen LogP contribution in [0.4, 0.5) is 0 Å². The van der Waals surface area contributed by atoms with Crippen LogP contribution in [0.5, 0.6) is 11.5 Å². The zero-order chi connectivity index (χ0) is 16.2. The fourth-order valence-corrected chi connectivity index (χ4v) is 3.72. The highest BCUT2D eigenvalue weighted by atomic mass is 16.5. The van der Waals surface area contributed by atoms with Gasteiger partial charge in [0.05, 0.1) is 30.5 Å². The first-order valence-corrected chi connectivity index (χ1v) is 7.30. The van der Waals surface area contributed by atoms with E-state index >= 15 is 0 Å². The highest BCUT2D eigenvalue weighted by Crippen LogP contribution is 2.50. The van der Waals surface area contributed by atoms with Gasteiger partial charge in [-0.3, -0.25) is 4.79 Å². The lowest BCUT2D eigenvalue weighted by Gasteiger charge is -2.46. The number of fused-ring (bicyclic) bond motifs is 2. The van der Waals surface area contributed by atoms with Gasteiger partial charge in [0.15, 0.2) is 5.78 Å². The Labute approximate surface area is 128 Å². The molecule has 0 saturated heterocycles. The molecule has 4 N–H and O–H groups in total. The van der Waals surface area contributed by atoms with Crippen LogP contribution in [0.1, 0.15) is 41.8 Å². The number of carbonyl (C=O) groups excluding carboxylic acids is 1. The largest absolute Gasteiger partial charge is 0.507 e. The number of aromatic hydroxyl groups is 1. The molecule has 0 aliphatic heterocycles. The summed E-state index contributed by atoms with van der Waals surface area (Å²) in [5, 5.41) is 41.0. The maximum atomic E-state index is 12.7. The maximum absolute atomic E-state index is 12.7. The SMILES string of the molecule is COc1cc(O)c2c(c1)[C@H](O)[C@H]1C[C@](C)(O)[C@H](O)C[C@@H]1C2=O. The van der Waals surface area contributed by atoms with E-state index < -0.39 is 29.6 Å². The van der Waals surface area contributed by atoms with E-state index in [9.17, 15) is 25.2 Å². The second-order valence-electron chi connectivity index (χ2n) is 6.50. The first-order chi connectivity index (χ1) is 10.3.